The number of carbonyl (C=O) groups is 1. The third-order valence-electron chi connectivity index (χ3n) is 3.63. The average molecular weight is 357 g/mol. The van der Waals surface area contributed by atoms with E-state index in [-0.39, 0.29) is 22.0 Å². The molecule has 0 N–H and O–H groups in total. The number of nitrogens with zero attached hydrogens (tertiary/aromatic N) is 2. The smallest absolute Gasteiger partial charge is 0.323 e. The zero-order valence-electron chi connectivity index (χ0n) is 11.9. The van der Waals surface area contributed by atoms with Crippen LogP contribution >= 0.6 is 11.6 Å². The number of fused-ring (bicyclic) bond motifs is 1. The van der Waals surface area contributed by atoms with Gasteiger partial charge in [-0.05, 0) is 42.0 Å². The van der Waals surface area contributed by atoms with E-state index in [0.29, 0.717) is 6.29 Å². The highest BCUT2D eigenvalue weighted by molar-refractivity contribution is 6.30. The van der Waals surface area contributed by atoms with Crippen molar-refractivity contribution in [3.05, 3.63) is 64.3 Å². The molecule has 1 unspecified atom stereocenters. The van der Waals surface area contributed by atoms with Gasteiger partial charge in [0.15, 0.2) is 0 Å². The topological polar surface area (TPSA) is 33.2 Å². The standard InChI is InChI=1S/C16H9ClF4N2O/c17-15-14-9(5-6-22-15)7-13(16(19,20)21)23(12(14)8-24)11-3-1-10(18)2-4-11/h1-8,12H. The Bertz CT molecular complexity index is 818. The highest BCUT2D eigenvalue weighted by Crippen LogP contribution is 2.44. The van der Waals surface area contributed by atoms with Crippen LogP contribution < -0.4 is 4.90 Å². The number of rotatable bonds is 2. The van der Waals surface area contributed by atoms with Gasteiger partial charge in [-0.25, -0.2) is 9.37 Å². The van der Waals surface area contributed by atoms with E-state index < -0.39 is 23.7 Å². The number of aromatic nitrogens is 1. The molecule has 3 rings (SSSR count). The molecule has 1 aliphatic heterocycles. The van der Waals surface area contributed by atoms with Crippen molar-refractivity contribution < 1.29 is 22.4 Å². The fourth-order valence-corrected chi connectivity index (χ4v) is 2.90. The molecule has 124 valence electrons. The molecular formula is C16H9ClF4N2O. The van der Waals surface area contributed by atoms with Crippen LogP contribution in [0.2, 0.25) is 5.15 Å². The molecule has 24 heavy (non-hydrogen) atoms. The van der Waals surface area contributed by atoms with Gasteiger partial charge in [0.05, 0.1) is 0 Å². The van der Waals surface area contributed by atoms with Crippen molar-refractivity contribution in [2.24, 2.45) is 0 Å². The van der Waals surface area contributed by atoms with Gasteiger partial charge in [-0.15, -0.1) is 0 Å². The van der Waals surface area contributed by atoms with E-state index in [1.54, 1.807) is 0 Å². The van der Waals surface area contributed by atoms with Crippen molar-refractivity contribution in [3.63, 3.8) is 0 Å². The minimum Gasteiger partial charge on any atom is -0.323 e. The number of pyridine rings is 1. The number of alkyl halides is 3. The maximum atomic E-state index is 13.5. The number of halogens is 5. The van der Waals surface area contributed by atoms with E-state index >= 15 is 0 Å². The Balaban J connectivity index is 2.27. The van der Waals surface area contributed by atoms with Gasteiger partial charge in [-0.2, -0.15) is 13.2 Å². The fraction of sp³-hybridized carbons (Fsp3) is 0.125. The van der Waals surface area contributed by atoms with Gasteiger partial charge in [0.1, 0.15) is 29.0 Å². The number of hydrogen-bond acceptors (Lipinski definition) is 3. The second kappa shape index (κ2) is 5.90. The van der Waals surface area contributed by atoms with Crippen LogP contribution in [0.15, 0.2) is 42.2 Å². The zero-order chi connectivity index (χ0) is 17.5. The molecule has 0 amide bonds. The van der Waals surface area contributed by atoms with Gasteiger partial charge in [0, 0.05) is 17.4 Å². The first-order valence-corrected chi connectivity index (χ1v) is 7.14. The van der Waals surface area contributed by atoms with Crippen molar-refractivity contribution in [1.82, 2.24) is 4.98 Å². The minimum absolute atomic E-state index is 0.0163. The van der Waals surface area contributed by atoms with Gasteiger partial charge in [-0.1, -0.05) is 11.6 Å². The van der Waals surface area contributed by atoms with E-state index in [1.807, 2.05) is 0 Å². The van der Waals surface area contributed by atoms with Crippen LogP contribution in [0.25, 0.3) is 6.08 Å². The summed E-state index contributed by atoms with van der Waals surface area (Å²) >= 11 is 5.99. The molecule has 3 nitrogen and oxygen atoms in total. The van der Waals surface area contributed by atoms with Crippen LogP contribution in [0.4, 0.5) is 23.2 Å². The minimum atomic E-state index is -4.72. The molecule has 1 atom stereocenters. The van der Waals surface area contributed by atoms with Crippen LogP contribution in [0.3, 0.4) is 0 Å². The van der Waals surface area contributed by atoms with Crippen LogP contribution in [-0.4, -0.2) is 17.4 Å². The van der Waals surface area contributed by atoms with Crippen LogP contribution in [0.5, 0.6) is 0 Å². The molecule has 0 saturated carbocycles. The van der Waals surface area contributed by atoms with E-state index in [4.69, 9.17) is 11.6 Å². The second-order valence-corrected chi connectivity index (χ2v) is 5.42. The third kappa shape index (κ3) is 2.75. The van der Waals surface area contributed by atoms with Crippen molar-refractivity contribution in [2.45, 2.75) is 12.2 Å². The number of carbonyl (C=O) groups excluding carboxylic acids is 1. The van der Waals surface area contributed by atoms with E-state index in [2.05, 4.69) is 4.98 Å². The average Bonchev–Trinajstić information content (AvgIpc) is 2.53. The predicted molar refractivity (Wildman–Crippen MR) is 81.0 cm³/mol. The van der Waals surface area contributed by atoms with E-state index in [9.17, 15) is 22.4 Å². The van der Waals surface area contributed by atoms with Crippen molar-refractivity contribution >= 4 is 29.7 Å². The number of allylic oxidation sites excluding steroid dienone is 1. The Kier molecular flexibility index (Phi) is 4.04. The number of aldehydes is 1. The lowest BCUT2D eigenvalue weighted by molar-refractivity contribution is -0.110. The maximum absolute atomic E-state index is 13.5. The summed E-state index contributed by atoms with van der Waals surface area (Å²) in [6, 6.07) is 4.40. The molecular weight excluding hydrogens is 348 g/mol. The molecule has 1 aliphatic rings. The first kappa shape index (κ1) is 16.4. The van der Waals surface area contributed by atoms with Gasteiger partial charge < -0.3 is 9.69 Å². The lowest BCUT2D eigenvalue weighted by atomic mass is 9.95. The lowest BCUT2D eigenvalue weighted by Gasteiger charge is -2.37. The van der Waals surface area contributed by atoms with Crippen molar-refractivity contribution in [2.75, 3.05) is 4.90 Å². The van der Waals surface area contributed by atoms with Crippen LogP contribution in [-0.2, 0) is 4.79 Å². The molecule has 1 aromatic heterocycles. The summed E-state index contributed by atoms with van der Waals surface area (Å²) < 4.78 is 53.6. The molecule has 2 aromatic rings. The quantitative estimate of drug-likeness (QED) is 0.450. The highest BCUT2D eigenvalue weighted by atomic mass is 35.5. The lowest BCUT2D eigenvalue weighted by Crippen LogP contribution is -2.38. The zero-order valence-corrected chi connectivity index (χ0v) is 12.6. The Hall–Kier alpha value is -2.41. The molecule has 0 saturated heterocycles. The normalized spacial score (nSPS) is 17.3. The van der Waals surface area contributed by atoms with Crippen LogP contribution in [0, 0.1) is 5.82 Å². The Morgan fingerprint density at radius 2 is 1.83 bits per heavy atom. The molecule has 1 aromatic carbocycles. The Morgan fingerprint density at radius 3 is 2.42 bits per heavy atom. The van der Waals surface area contributed by atoms with Gasteiger partial charge in [0.25, 0.3) is 0 Å². The summed E-state index contributed by atoms with van der Waals surface area (Å²) in [7, 11) is 0. The monoisotopic (exact) mass is 356 g/mol. The molecule has 0 aliphatic carbocycles. The summed E-state index contributed by atoms with van der Waals surface area (Å²) in [5.74, 6) is -0.601. The first-order chi connectivity index (χ1) is 11.3. The second-order valence-electron chi connectivity index (χ2n) is 5.06. The van der Waals surface area contributed by atoms with Crippen molar-refractivity contribution in [1.29, 1.82) is 0 Å². The van der Waals surface area contributed by atoms with Crippen molar-refractivity contribution in [3.8, 4) is 0 Å². The largest absolute Gasteiger partial charge is 0.431 e. The number of hydrogen-bond donors (Lipinski definition) is 0. The third-order valence-corrected chi connectivity index (χ3v) is 3.93. The predicted octanol–water partition coefficient (Wildman–Crippen LogP) is 4.54. The molecule has 8 heteroatoms. The fourth-order valence-electron chi connectivity index (χ4n) is 2.62. The molecule has 0 spiro atoms. The van der Waals surface area contributed by atoms with E-state index in [1.165, 1.54) is 24.4 Å². The summed E-state index contributed by atoms with van der Waals surface area (Å²) in [4.78, 5) is 16.2. The molecule has 2 heterocycles. The summed E-state index contributed by atoms with van der Waals surface area (Å²) in [5.41, 5.74) is -0.687. The number of benzene rings is 1. The summed E-state index contributed by atoms with van der Waals surface area (Å²) in [6.45, 7) is 0. The summed E-state index contributed by atoms with van der Waals surface area (Å²) in [5, 5.41) is -0.0609. The molecule has 0 fully saturated rings. The Morgan fingerprint density at radius 1 is 1.17 bits per heavy atom. The SMILES string of the molecule is O=CC1c2c(ccnc2Cl)C=C(C(F)(F)F)N1c1ccc(F)cc1. The van der Waals surface area contributed by atoms with Crippen LogP contribution in [0.1, 0.15) is 17.2 Å². The number of anilines is 1. The first-order valence-electron chi connectivity index (χ1n) is 6.76. The highest BCUT2D eigenvalue weighted by Gasteiger charge is 2.44. The Labute approximate surface area is 139 Å². The maximum Gasteiger partial charge on any atom is 0.431 e. The van der Waals surface area contributed by atoms with E-state index in [0.717, 1.165) is 23.1 Å². The van der Waals surface area contributed by atoms with Gasteiger partial charge >= 0.3 is 6.18 Å². The molecule has 0 radical (unpaired) electrons. The molecule has 0 bridgehead atoms. The summed E-state index contributed by atoms with van der Waals surface area (Å²) in [6.07, 6.45) is -2.20. The van der Waals surface area contributed by atoms with Gasteiger partial charge in [0.2, 0.25) is 0 Å². The van der Waals surface area contributed by atoms with Gasteiger partial charge in [-0.3, -0.25) is 0 Å².